The number of hydrogen-bond acceptors (Lipinski definition) is 1. The van der Waals surface area contributed by atoms with Crippen molar-refractivity contribution in [3.8, 4) is 11.8 Å². The molecule has 1 aromatic rings. The first-order chi connectivity index (χ1) is 5.84. The summed E-state index contributed by atoms with van der Waals surface area (Å²) < 4.78 is 1.15. The molecule has 1 nitrogen and oxygen atoms in total. The van der Waals surface area contributed by atoms with Crippen LogP contribution in [0.5, 0.6) is 0 Å². The Labute approximate surface area is 85.9 Å². The van der Waals surface area contributed by atoms with Gasteiger partial charge >= 0.3 is 0 Å². The van der Waals surface area contributed by atoms with Crippen LogP contribution in [0.25, 0.3) is 0 Å². The molecular weight excluding hydrogens is 263 g/mol. The van der Waals surface area contributed by atoms with Gasteiger partial charge in [-0.15, -0.1) is 0 Å². The van der Waals surface area contributed by atoms with Crippen LogP contribution in [0, 0.1) is 15.4 Å². The van der Waals surface area contributed by atoms with Crippen molar-refractivity contribution < 1.29 is 5.11 Å². The lowest BCUT2D eigenvalue weighted by atomic mass is 10.2. The molecule has 0 amide bonds. The summed E-state index contributed by atoms with van der Waals surface area (Å²) in [6, 6.07) is 7.94. The van der Waals surface area contributed by atoms with E-state index in [1.807, 2.05) is 24.3 Å². The van der Waals surface area contributed by atoms with Gasteiger partial charge in [0.15, 0.2) is 0 Å². The van der Waals surface area contributed by atoms with Crippen LogP contribution in [0.1, 0.15) is 12.0 Å². The highest BCUT2D eigenvalue weighted by molar-refractivity contribution is 14.1. The molecule has 0 bridgehead atoms. The third-order valence-corrected chi connectivity index (χ3v) is 2.27. The number of benzene rings is 1. The van der Waals surface area contributed by atoms with Crippen LogP contribution in [0.3, 0.4) is 0 Å². The Morgan fingerprint density at radius 1 is 1.33 bits per heavy atom. The lowest BCUT2D eigenvalue weighted by Crippen LogP contribution is -1.80. The Bertz CT molecular complexity index is 309. The summed E-state index contributed by atoms with van der Waals surface area (Å²) in [5, 5.41) is 8.51. The number of aliphatic hydroxyl groups excluding tert-OH is 1. The summed E-state index contributed by atoms with van der Waals surface area (Å²) in [6.07, 6.45) is 0.547. The minimum atomic E-state index is 0.135. The van der Waals surface area contributed by atoms with E-state index in [0.717, 1.165) is 9.13 Å². The highest BCUT2D eigenvalue weighted by Crippen LogP contribution is 2.09. The lowest BCUT2D eigenvalue weighted by Gasteiger charge is -1.92. The minimum Gasteiger partial charge on any atom is -0.395 e. The van der Waals surface area contributed by atoms with Gasteiger partial charge in [0.1, 0.15) is 0 Å². The highest BCUT2D eigenvalue weighted by Gasteiger charge is 1.90. The summed E-state index contributed by atoms with van der Waals surface area (Å²) in [7, 11) is 0. The fourth-order valence-corrected chi connectivity index (χ4v) is 1.30. The molecule has 0 heterocycles. The first-order valence-corrected chi connectivity index (χ1v) is 4.76. The molecule has 0 unspecified atom stereocenters. The van der Waals surface area contributed by atoms with Crippen LogP contribution in [-0.2, 0) is 0 Å². The van der Waals surface area contributed by atoms with Gasteiger partial charge in [-0.25, -0.2) is 0 Å². The summed E-state index contributed by atoms with van der Waals surface area (Å²) >= 11 is 2.25. The van der Waals surface area contributed by atoms with Crippen LogP contribution in [0.15, 0.2) is 24.3 Å². The predicted octanol–water partition coefficient (Wildman–Crippen LogP) is 2.03. The fourth-order valence-electron chi connectivity index (χ4n) is 0.776. The maximum absolute atomic E-state index is 8.51. The van der Waals surface area contributed by atoms with E-state index in [2.05, 4.69) is 34.4 Å². The topological polar surface area (TPSA) is 20.2 Å². The third kappa shape index (κ3) is 2.84. The summed E-state index contributed by atoms with van der Waals surface area (Å²) in [4.78, 5) is 0. The Morgan fingerprint density at radius 2 is 2.08 bits per heavy atom. The second-order valence-corrected chi connectivity index (χ2v) is 3.42. The van der Waals surface area contributed by atoms with Crippen molar-refractivity contribution in [2.75, 3.05) is 6.61 Å². The van der Waals surface area contributed by atoms with Crippen LogP contribution in [0.2, 0.25) is 0 Å². The van der Waals surface area contributed by atoms with Crippen molar-refractivity contribution >= 4 is 22.6 Å². The third-order valence-electron chi connectivity index (χ3n) is 1.33. The van der Waals surface area contributed by atoms with Crippen molar-refractivity contribution in [2.24, 2.45) is 0 Å². The quantitative estimate of drug-likeness (QED) is 0.612. The molecule has 0 aromatic heterocycles. The van der Waals surface area contributed by atoms with E-state index in [-0.39, 0.29) is 6.61 Å². The van der Waals surface area contributed by atoms with E-state index in [1.165, 1.54) is 0 Å². The number of rotatable bonds is 1. The largest absolute Gasteiger partial charge is 0.395 e. The maximum Gasteiger partial charge on any atom is 0.0540 e. The predicted molar refractivity (Wildman–Crippen MR) is 57.7 cm³/mol. The molecule has 0 aliphatic heterocycles. The van der Waals surface area contributed by atoms with Gasteiger partial charge in [-0.3, -0.25) is 0 Å². The molecule has 0 fully saturated rings. The zero-order chi connectivity index (χ0) is 8.81. The van der Waals surface area contributed by atoms with Crippen molar-refractivity contribution in [1.82, 2.24) is 0 Å². The van der Waals surface area contributed by atoms with E-state index in [4.69, 9.17) is 5.11 Å². The normalized spacial score (nSPS) is 8.83. The van der Waals surface area contributed by atoms with E-state index in [9.17, 15) is 0 Å². The first-order valence-electron chi connectivity index (χ1n) is 3.69. The van der Waals surface area contributed by atoms with Gasteiger partial charge in [-0.1, -0.05) is 24.0 Å². The standard InChI is InChI=1S/C10H9IO/c11-10-7-2-1-5-9(10)6-3-4-8-12/h1-2,5,7,12H,4,8H2. The van der Waals surface area contributed by atoms with Crippen LogP contribution in [0.4, 0.5) is 0 Å². The van der Waals surface area contributed by atoms with E-state index >= 15 is 0 Å². The first kappa shape index (κ1) is 9.56. The van der Waals surface area contributed by atoms with Gasteiger partial charge in [0, 0.05) is 15.6 Å². The molecule has 0 saturated heterocycles. The molecule has 0 aliphatic rings. The lowest BCUT2D eigenvalue weighted by molar-refractivity contribution is 0.305. The maximum atomic E-state index is 8.51. The SMILES string of the molecule is OCCC#Cc1ccccc1I. The molecule has 62 valence electrons. The molecule has 1 aromatic carbocycles. The molecule has 0 spiro atoms. The van der Waals surface area contributed by atoms with E-state index in [0.29, 0.717) is 6.42 Å². The van der Waals surface area contributed by atoms with Gasteiger partial charge in [0.05, 0.1) is 6.61 Å². The molecule has 0 aliphatic carbocycles. The van der Waals surface area contributed by atoms with Crippen molar-refractivity contribution in [3.05, 3.63) is 33.4 Å². The Balaban J connectivity index is 2.77. The van der Waals surface area contributed by atoms with Crippen LogP contribution in [-0.4, -0.2) is 11.7 Å². The van der Waals surface area contributed by atoms with Crippen molar-refractivity contribution in [1.29, 1.82) is 0 Å². The summed E-state index contributed by atoms with van der Waals surface area (Å²) in [6.45, 7) is 0.135. The number of hydrogen-bond donors (Lipinski definition) is 1. The van der Waals surface area contributed by atoms with Gasteiger partial charge in [-0.2, -0.15) is 0 Å². The molecule has 1 rings (SSSR count). The van der Waals surface area contributed by atoms with Gasteiger partial charge in [-0.05, 0) is 34.7 Å². The molecule has 0 atom stereocenters. The average molecular weight is 272 g/mol. The number of halogens is 1. The van der Waals surface area contributed by atoms with Crippen molar-refractivity contribution in [3.63, 3.8) is 0 Å². The van der Waals surface area contributed by atoms with Gasteiger partial charge in [0.2, 0.25) is 0 Å². The Morgan fingerprint density at radius 3 is 2.75 bits per heavy atom. The molecule has 2 heteroatoms. The molecule has 12 heavy (non-hydrogen) atoms. The van der Waals surface area contributed by atoms with Crippen LogP contribution >= 0.6 is 22.6 Å². The Hall–Kier alpha value is -0.530. The average Bonchev–Trinajstić information content (AvgIpc) is 2.09. The second-order valence-electron chi connectivity index (χ2n) is 2.26. The van der Waals surface area contributed by atoms with Gasteiger partial charge < -0.3 is 5.11 Å². The smallest absolute Gasteiger partial charge is 0.0540 e. The molecular formula is C10H9IO. The van der Waals surface area contributed by atoms with E-state index in [1.54, 1.807) is 0 Å². The van der Waals surface area contributed by atoms with Crippen LogP contribution < -0.4 is 0 Å². The van der Waals surface area contributed by atoms with Crippen molar-refractivity contribution in [2.45, 2.75) is 6.42 Å². The van der Waals surface area contributed by atoms with Gasteiger partial charge in [0.25, 0.3) is 0 Å². The number of aliphatic hydroxyl groups is 1. The summed E-state index contributed by atoms with van der Waals surface area (Å²) in [5.41, 5.74) is 1.03. The minimum absolute atomic E-state index is 0.135. The molecule has 0 saturated carbocycles. The molecule has 1 N–H and O–H groups in total. The molecule has 0 radical (unpaired) electrons. The zero-order valence-corrected chi connectivity index (χ0v) is 8.71. The zero-order valence-electron chi connectivity index (χ0n) is 6.55. The second kappa shape index (κ2) is 5.18. The summed E-state index contributed by atoms with van der Waals surface area (Å²) in [5.74, 6) is 5.88. The Kier molecular flexibility index (Phi) is 4.12. The highest BCUT2D eigenvalue weighted by atomic mass is 127. The fraction of sp³-hybridized carbons (Fsp3) is 0.200. The van der Waals surface area contributed by atoms with E-state index < -0.39 is 0 Å². The monoisotopic (exact) mass is 272 g/mol.